The van der Waals surface area contributed by atoms with Crippen molar-refractivity contribution in [2.75, 3.05) is 33.8 Å². The number of aryl methyl sites for hydroxylation is 1. The van der Waals surface area contributed by atoms with E-state index in [4.69, 9.17) is 4.74 Å². The fourth-order valence-electron chi connectivity index (χ4n) is 2.73. The van der Waals surface area contributed by atoms with Crippen LogP contribution in [-0.4, -0.2) is 61.6 Å². The summed E-state index contributed by atoms with van der Waals surface area (Å²) in [6.45, 7) is 6.52. The topological polar surface area (TPSA) is 45.1 Å². The number of carbonyl (C=O) groups is 1. The summed E-state index contributed by atoms with van der Waals surface area (Å²) in [5.74, 6) is -0.256. The number of carbonyl (C=O) groups excluding carboxylic acids is 1. The van der Waals surface area contributed by atoms with Crippen molar-refractivity contribution in [3.05, 3.63) is 35.4 Å². The second kappa shape index (κ2) is 8.11. The third-order valence-corrected chi connectivity index (χ3v) is 4.31. The molecule has 126 valence electrons. The molecule has 0 bridgehead atoms. The molecule has 0 spiro atoms. The molecule has 0 atom stereocenters. The summed E-state index contributed by atoms with van der Waals surface area (Å²) >= 11 is 0. The number of nitrogens with zero attached hydrogens (tertiary/aromatic N) is 3. The monoisotopic (exact) mass is 317 g/mol. The first-order chi connectivity index (χ1) is 11.0. The molecule has 1 saturated heterocycles. The first kappa shape index (κ1) is 17.5. The van der Waals surface area contributed by atoms with Gasteiger partial charge in [-0.25, -0.2) is 0 Å². The number of ether oxygens (including phenoxy) is 1. The number of piperidine rings is 1. The van der Waals surface area contributed by atoms with E-state index >= 15 is 0 Å². The van der Waals surface area contributed by atoms with Crippen molar-refractivity contribution >= 4 is 11.9 Å². The number of hydrogen-bond acceptors (Lipinski definition) is 3. The number of likely N-dealkylation sites (tertiary alicyclic amines) is 1. The van der Waals surface area contributed by atoms with Gasteiger partial charge in [0, 0.05) is 18.7 Å². The van der Waals surface area contributed by atoms with Crippen LogP contribution in [0.3, 0.4) is 0 Å². The lowest BCUT2D eigenvalue weighted by Crippen LogP contribution is -2.45. The Morgan fingerprint density at radius 1 is 1.30 bits per heavy atom. The van der Waals surface area contributed by atoms with E-state index in [0.717, 1.165) is 31.5 Å². The Balaban J connectivity index is 2.12. The number of amidine groups is 1. The molecular formula is C18H27N3O2. The number of aliphatic imine (C=N–C) groups is 1. The summed E-state index contributed by atoms with van der Waals surface area (Å²) in [5.41, 5.74) is 1.71. The zero-order valence-corrected chi connectivity index (χ0v) is 14.6. The van der Waals surface area contributed by atoms with Gasteiger partial charge in [0.05, 0.1) is 6.61 Å². The molecule has 1 fully saturated rings. The molecule has 0 N–H and O–H groups in total. The standard InChI is InChI=1S/C18H27N3O2/c1-5-23-18(21(4)16-10-12-20(3)13-11-16)19-17(22)15-8-6-14(2)7-9-15/h6-9,16H,5,10-13H2,1-4H3. The van der Waals surface area contributed by atoms with Crippen LogP contribution in [0.5, 0.6) is 0 Å². The average Bonchev–Trinajstić information content (AvgIpc) is 2.55. The third kappa shape index (κ3) is 4.79. The summed E-state index contributed by atoms with van der Waals surface area (Å²) in [5, 5.41) is 0. The normalized spacial score (nSPS) is 17.1. The molecule has 1 heterocycles. The second-order valence-corrected chi connectivity index (χ2v) is 6.14. The fraction of sp³-hybridized carbons (Fsp3) is 0.556. The van der Waals surface area contributed by atoms with Crippen molar-refractivity contribution in [2.45, 2.75) is 32.7 Å². The van der Waals surface area contributed by atoms with Crippen molar-refractivity contribution in [1.29, 1.82) is 0 Å². The van der Waals surface area contributed by atoms with Gasteiger partial charge < -0.3 is 14.5 Å². The second-order valence-electron chi connectivity index (χ2n) is 6.14. The number of hydrogen-bond donors (Lipinski definition) is 0. The van der Waals surface area contributed by atoms with E-state index in [9.17, 15) is 4.79 Å². The molecule has 1 amide bonds. The highest BCUT2D eigenvalue weighted by molar-refractivity contribution is 6.01. The van der Waals surface area contributed by atoms with Crippen molar-refractivity contribution in [2.24, 2.45) is 4.99 Å². The van der Waals surface area contributed by atoms with Crippen LogP contribution < -0.4 is 0 Å². The molecule has 23 heavy (non-hydrogen) atoms. The Bertz CT molecular complexity index is 546. The van der Waals surface area contributed by atoms with E-state index in [1.807, 2.05) is 37.9 Å². The minimum absolute atomic E-state index is 0.256. The molecule has 5 heteroatoms. The van der Waals surface area contributed by atoms with Crippen LogP contribution in [-0.2, 0) is 4.74 Å². The van der Waals surface area contributed by atoms with Gasteiger partial charge in [-0.1, -0.05) is 17.7 Å². The summed E-state index contributed by atoms with van der Waals surface area (Å²) in [7, 11) is 4.10. The van der Waals surface area contributed by atoms with E-state index < -0.39 is 0 Å². The van der Waals surface area contributed by atoms with E-state index in [1.165, 1.54) is 0 Å². The third-order valence-electron chi connectivity index (χ3n) is 4.31. The highest BCUT2D eigenvalue weighted by atomic mass is 16.5. The number of amides is 1. The van der Waals surface area contributed by atoms with Crippen molar-refractivity contribution < 1.29 is 9.53 Å². The number of rotatable bonds is 3. The van der Waals surface area contributed by atoms with Crippen LogP contribution in [0, 0.1) is 6.92 Å². The first-order valence-electron chi connectivity index (χ1n) is 8.25. The van der Waals surface area contributed by atoms with Crippen LogP contribution in [0.2, 0.25) is 0 Å². The molecular weight excluding hydrogens is 290 g/mol. The average molecular weight is 317 g/mol. The summed E-state index contributed by atoms with van der Waals surface area (Å²) < 4.78 is 5.64. The van der Waals surface area contributed by atoms with E-state index in [-0.39, 0.29) is 5.91 Å². The zero-order chi connectivity index (χ0) is 16.8. The molecule has 5 nitrogen and oxygen atoms in total. The predicted octanol–water partition coefficient (Wildman–Crippen LogP) is 2.55. The number of benzene rings is 1. The maximum Gasteiger partial charge on any atom is 0.295 e. The minimum atomic E-state index is -0.256. The molecule has 1 aliphatic rings. The van der Waals surface area contributed by atoms with E-state index in [1.54, 1.807) is 12.1 Å². The van der Waals surface area contributed by atoms with Gasteiger partial charge in [0.15, 0.2) is 0 Å². The maximum atomic E-state index is 12.4. The zero-order valence-electron chi connectivity index (χ0n) is 14.6. The van der Waals surface area contributed by atoms with Gasteiger partial charge >= 0.3 is 0 Å². The molecule has 0 aromatic heterocycles. The molecule has 1 aliphatic heterocycles. The molecule has 2 rings (SSSR count). The van der Waals surface area contributed by atoms with Gasteiger partial charge in [0.25, 0.3) is 11.9 Å². The fourth-order valence-corrected chi connectivity index (χ4v) is 2.73. The summed E-state index contributed by atoms with van der Waals surface area (Å²) in [6.07, 6.45) is 2.11. The Morgan fingerprint density at radius 3 is 2.48 bits per heavy atom. The molecule has 1 aromatic rings. The Kier molecular flexibility index (Phi) is 6.16. The van der Waals surface area contributed by atoms with Crippen molar-refractivity contribution in [1.82, 2.24) is 9.80 Å². The minimum Gasteiger partial charge on any atom is -0.465 e. The van der Waals surface area contributed by atoms with Gasteiger partial charge in [-0.05, 0) is 59.0 Å². The van der Waals surface area contributed by atoms with E-state index in [0.29, 0.717) is 24.2 Å². The molecule has 0 saturated carbocycles. The molecule has 0 aliphatic carbocycles. The Labute approximate surface area is 138 Å². The van der Waals surface area contributed by atoms with Gasteiger partial charge in [-0.2, -0.15) is 4.99 Å². The van der Waals surface area contributed by atoms with Gasteiger partial charge in [0.2, 0.25) is 0 Å². The smallest absolute Gasteiger partial charge is 0.295 e. The van der Waals surface area contributed by atoms with Crippen LogP contribution >= 0.6 is 0 Å². The Morgan fingerprint density at radius 2 is 1.91 bits per heavy atom. The van der Waals surface area contributed by atoms with Gasteiger partial charge in [-0.3, -0.25) is 4.79 Å². The largest absolute Gasteiger partial charge is 0.465 e. The SMILES string of the molecule is CCOC(=NC(=O)c1ccc(C)cc1)N(C)C1CCN(C)CC1. The van der Waals surface area contributed by atoms with Gasteiger partial charge in [0.1, 0.15) is 0 Å². The van der Waals surface area contributed by atoms with Crippen molar-refractivity contribution in [3.63, 3.8) is 0 Å². The molecule has 1 aromatic carbocycles. The highest BCUT2D eigenvalue weighted by Crippen LogP contribution is 2.15. The molecule has 0 radical (unpaired) electrons. The Hall–Kier alpha value is -1.88. The maximum absolute atomic E-state index is 12.4. The lowest BCUT2D eigenvalue weighted by Gasteiger charge is -2.35. The van der Waals surface area contributed by atoms with Crippen molar-refractivity contribution in [3.8, 4) is 0 Å². The van der Waals surface area contributed by atoms with Crippen LogP contribution in [0.1, 0.15) is 35.7 Å². The quantitative estimate of drug-likeness (QED) is 0.635. The predicted molar refractivity (Wildman–Crippen MR) is 92.9 cm³/mol. The highest BCUT2D eigenvalue weighted by Gasteiger charge is 2.24. The van der Waals surface area contributed by atoms with Crippen LogP contribution in [0.15, 0.2) is 29.3 Å². The first-order valence-corrected chi connectivity index (χ1v) is 8.25. The van der Waals surface area contributed by atoms with Crippen LogP contribution in [0.25, 0.3) is 0 Å². The molecule has 0 unspecified atom stereocenters. The lowest BCUT2D eigenvalue weighted by molar-refractivity contribution is 0.0989. The van der Waals surface area contributed by atoms with Gasteiger partial charge in [-0.15, -0.1) is 0 Å². The summed E-state index contributed by atoms with van der Waals surface area (Å²) in [4.78, 5) is 20.9. The van der Waals surface area contributed by atoms with E-state index in [2.05, 4.69) is 16.9 Å². The van der Waals surface area contributed by atoms with Crippen LogP contribution in [0.4, 0.5) is 0 Å². The summed E-state index contributed by atoms with van der Waals surface area (Å²) in [6, 6.07) is 8.24. The lowest BCUT2D eigenvalue weighted by atomic mass is 10.0.